The lowest BCUT2D eigenvalue weighted by atomic mass is 10.0. The van der Waals surface area contributed by atoms with Crippen molar-refractivity contribution in [1.82, 2.24) is 0 Å². The van der Waals surface area contributed by atoms with Crippen LogP contribution in [0.15, 0.2) is 54.6 Å². The zero-order valence-electron chi connectivity index (χ0n) is 17.1. The van der Waals surface area contributed by atoms with Gasteiger partial charge in [-0.2, -0.15) is 0 Å². The Kier molecular flexibility index (Phi) is 6.54. The van der Waals surface area contributed by atoms with Gasteiger partial charge in [-0.1, -0.05) is 42.5 Å². The quantitative estimate of drug-likeness (QED) is 0.438. The second-order valence-electron chi connectivity index (χ2n) is 8.66. The molecule has 0 amide bonds. The minimum absolute atomic E-state index is 0.248. The van der Waals surface area contributed by atoms with Gasteiger partial charge >= 0.3 is 0 Å². The molecule has 0 unspecified atom stereocenters. The number of hydrogen-bond donors (Lipinski definition) is 3. The molecule has 0 aliphatic carbocycles. The molecule has 2 aliphatic rings. The van der Waals surface area contributed by atoms with Gasteiger partial charge in [0.1, 0.15) is 39.3 Å². The van der Waals surface area contributed by atoms with Crippen LogP contribution >= 0.6 is 0 Å². The van der Waals surface area contributed by atoms with Crippen LogP contribution in [-0.2, 0) is 13.1 Å². The van der Waals surface area contributed by atoms with Crippen LogP contribution in [0, 0.1) is 10.1 Å². The Balaban J connectivity index is 1.23. The van der Waals surface area contributed by atoms with E-state index >= 15 is 0 Å². The van der Waals surface area contributed by atoms with Gasteiger partial charge in [-0.25, -0.2) is 0 Å². The number of hydrogen-bond acceptors (Lipinski definition) is 2. The highest BCUT2D eigenvalue weighted by molar-refractivity contribution is 5.39. The molecule has 0 saturated carbocycles. The number of likely N-dealkylation sites (tertiary alicyclic amines) is 1. The molecular weight excluding hydrogens is 364 g/mol. The third-order valence-electron chi connectivity index (χ3n) is 6.80. The predicted molar refractivity (Wildman–Crippen MR) is 112 cm³/mol. The summed E-state index contributed by atoms with van der Waals surface area (Å²) in [6.07, 6.45) is 2.63. The molecule has 0 atom stereocenters. The van der Waals surface area contributed by atoms with E-state index in [9.17, 15) is 10.1 Å². The molecule has 2 fully saturated rings. The van der Waals surface area contributed by atoms with Crippen molar-refractivity contribution in [1.29, 1.82) is 0 Å². The molecule has 6 nitrogen and oxygen atoms in total. The highest BCUT2D eigenvalue weighted by atomic mass is 16.6. The largest absolute Gasteiger partial charge is 0.331 e. The van der Waals surface area contributed by atoms with Crippen LogP contribution < -0.4 is 14.7 Å². The Morgan fingerprint density at radius 3 is 2.10 bits per heavy atom. The van der Waals surface area contributed by atoms with Crippen LogP contribution in [0.2, 0.25) is 0 Å². The fraction of sp³-hybridized carbons (Fsp3) is 0.478. The maximum atomic E-state index is 11.3. The first-order valence-corrected chi connectivity index (χ1v) is 11.0. The first kappa shape index (κ1) is 20.0. The molecule has 0 spiro atoms. The molecule has 3 N–H and O–H groups in total. The monoisotopic (exact) mass is 397 g/mol. The predicted octanol–water partition coefficient (Wildman–Crippen LogP) is -0.874. The topological polar surface area (TPSA) is 56.5 Å². The number of quaternary nitrogens is 3. The molecule has 29 heavy (non-hydrogen) atoms. The summed E-state index contributed by atoms with van der Waals surface area (Å²) in [5, 5.41) is 11.3. The summed E-state index contributed by atoms with van der Waals surface area (Å²) in [6.45, 7) is 9.06. The SMILES string of the molecule is O=[N+]([O-])c1ccccc1C[NH+]1CC[NH+](C2CC[NH+](Cc3ccccc3)CC2)CC1. The third kappa shape index (κ3) is 5.21. The van der Waals surface area contributed by atoms with E-state index in [-0.39, 0.29) is 10.6 Å². The molecule has 0 aromatic heterocycles. The van der Waals surface area contributed by atoms with Crippen molar-refractivity contribution in [2.24, 2.45) is 0 Å². The number of piperazine rings is 1. The maximum absolute atomic E-state index is 11.3. The second-order valence-corrected chi connectivity index (χ2v) is 8.66. The lowest BCUT2D eigenvalue weighted by molar-refractivity contribution is -1.04. The Hall–Kier alpha value is -2.28. The Morgan fingerprint density at radius 2 is 1.41 bits per heavy atom. The molecule has 0 bridgehead atoms. The van der Waals surface area contributed by atoms with E-state index in [1.54, 1.807) is 21.9 Å². The first-order chi connectivity index (χ1) is 14.2. The Labute approximate surface area is 172 Å². The van der Waals surface area contributed by atoms with Gasteiger partial charge in [-0.3, -0.25) is 10.1 Å². The molecule has 4 rings (SSSR count). The van der Waals surface area contributed by atoms with E-state index in [1.807, 2.05) is 12.1 Å². The van der Waals surface area contributed by atoms with Crippen LogP contribution in [0.3, 0.4) is 0 Å². The van der Waals surface area contributed by atoms with Gasteiger partial charge in [-0.15, -0.1) is 0 Å². The first-order valence-electron chi connectivity index (χ1n) is 11.0. The van der Waals surface area contributed by atoms with Crippen molar-refractivity contribution < 1.29 is 19.6 Å². The van der Waals surface area contributed by atoms with Gasteiger partial charge in [0.2, 0.25) is 0 Å². The maximum Gasteiger partial charge on any atom is 0.278 e. The molecule has 154 valence electrons. The summed E-state index contributed by atoms with van der Waals surface area (Å²) < 4.78 is 0. The number of piperidine rings is 1. The molecule has 2 aliphatic heterocycles. The fourth-order valence-corrected chi connectivity index (χ4v) is 5.11. The number of benzene rings is 2. The van der Waals surface area contributed by atoms with Crippen LogP contribution in [0.1, 0.15) is 24.0 Å². The summed E-state index contributed by atoms with van der Waals surface area (Å²) in [6, 6.07) is 18.8. The van der Waals surface area contributed by atoms with Crippen molar-refractivity contribution in [2.75, 3.05) is 39.3 Å². The number of nitro groups is 1. The molecule has 2 aromatic carbocycles. The Bertz CT molecular complexity index is 798. The van der Waals surface area contributed by atoms with E-state index in [0.29, 0.717) is 0 Å². The number of nitrogens with one attached hydrogen (secondary N) is 3. The van der Waals surface area contributed by atoms with Gasteiger partial charge in [0.05, 0.1) is 29.6 Å². The standard InChI is InChI=1S/C23H30N4O2/c28-27(29)23-9-5-4-8-21(23)19-25-14-16-26(17-15-25)22-10-12-24(13-11-22)18-20-6-2-1-3-7-20/h1-9,22H,10-19H2/p+3. The molecule has 0 radical (unpaired) electrons. The van der Waals surface area contributed by atoms with Gasteiger partial charge < -0.3 is 14.7 Å². The number of nitro benzene ring substituents is 1. The molecule has 2 saturated heterocycles. The van der Waals surface area contributed by atoms with Gasteiger partial charge in [0, 0.05) is 24.5 Å². The molecule has 2 aromatic rings. The van der Waals surface area contributed by atoms with Crippen LogP contribution in [0.25, 0.3) is 0 Å². The zero-order chi connectivity index (χ0) is 20.1. The van der Waals surface area contributed by atoms with Crippen LogP contribution in [0.5, 0.6) is 0 Å². The fourth-order valence-electron chi connectivity index (χ4n) is 5.11. The van der Waals surface area contributed by atoms with Crippen LogP contribution in [0.4, 0.5) is 5.69 Å². The lowest BCUT2D eigenvalue weighted by Gasteiger charge is -2.37. The number of nitrogens with zero attached hydrogens (tertiary/aromatic N) is 1. The Morgan fingerprint density at radius 1 is 0.793 bits per heavy atom. The smallest absolute Gasteiger partial charge is 0.278 e. The number of rotatable bonds is 6. The van der Waals surface area contributed by atoms with E-state index in [2.05, 4.69) is 30.3 Å². The van der Waals surface area contributed by atoms with Crippen molar-refractivity contribution in [3.05, 3.63) is 75.8 Å². The van der Waals surface area contributed by atoms with E-state index in [4.69, 9.17) is 0 Å². The van der Waals surface area contributed by atoms with Crippen molar-refractivity contribution >= 4 is 5.69 Å². The molecular formula is C23H33N4O2+3. The van der Waals surface area contributed by atoms with Crippen molar-refractivity contribution in [2.45, 2.75) is 32.0 Å². The summed E-state index contributed by atoms with van der Waals surface area (Å²) >= 11 is 0. The minimum Gasteiger partial charge on any atom is -0.331 e. The second kappa shape index (κ2) is 9.48. The summed E-state index contributed by atoms with van der Waals surface area (Å²) in [7, 11) is 0. The normalized spacial score (nSPS) is 27.4. The average molecular weight is 398 g/mol. The minimum atomic E-state index is -0.248. The van der Waals surface area contributed by atoms with Gasteiger partial charge in [0.15, 0.2) is 0 Å². The van der Waals surface area contributed by atoms with E-state index in [1.165, 1.54) is 49.5 Å². The van der Waals surface area contributed by atoms with Gasteiger partial charge in [-0.05, 0) is 6.07 Å². The third-order valence-corrected chi connectivity index (χ3v) is 6.80. The van der Waals surface area contributed by atoms with Crippen molar-refractivity contribution in [3.63, 3.8) is 0 Å². The van der Waals surface area contributed by atoms with Crippen LogP contribution in [-0.4, -0.2) is 50.2 Å². The molecule has 2 heterocycles. The van der Waals surface area contributed by atoms with E-state index in [0.717, 1.165) is 37.8 Å². The van der Waals surface area contributed by atoms with Crippen molar-refractivity contribution in [3.8, 4) is 0 Å². The van der Waals surface area contributed by atoms with E-state index < -0.39 is 0 Å². The molecule has 6 heteroatoms. The average Bonchev–Trinajstić information content (AvgIpc) is 2.76. The zero-order valence-corrected chi connectivity index (χ0v) is 17.1. The summed E-state index contributed by atoms with van der Waals surface area (Å²) in [5.74, 6) is 0. The number of para-hydroxylation sites is 1. The highest BCUT2D eigenvalue weighted by Crippen LogP contribution is 2.16. The highest BCUT2D eigenvalue weighted by Gasteiger charge is 2.34. The lowest BCUT2D eigenvalue weighted by Crippen LogP contribution is -3.30. The summed E-state index contributed by atoms with van der Waals surface area (Å²) in [4.78, 5) is 16.0. The summed E-state index contributed by atoms with van der Waals surface area (Å²) in [5.41, 5.74) is 2.58. The van der Waals surface area contributed by atoms with Gasteiger partial charge in [0.25, 0.3) is 5.69 Å².